The van der Waals surface area contributed by atoms with Crippen molar-refractivity contribution >= 4 is 40.1 Å². The number of aryl methyl sites for hydroxylation is 1. The van der Waals surface area contributed by atoms with E-state index in [0.29, 0.717) is 27.7 Å². The highest BCUT2D eigenvalue weighted by molar-refractivity contribution is 6.36. The number of β-amino-alcohol motifs (C(OH)–C–C–N with tert-alkyl or cyclic N) is 1. The third-order valence-corrected chi connectivity index (χ3v) is 9.77. The van der Waals surface area contributed by atoms with E-state index in [1.54, 1.807) is 18.3 Å². The highest BCUT2D eigenvalue weighted by Crippen LogP contribution is 2.39. The number of hydrogen-bond donors (Lipinski definition) is 5. The number of benzene rings is 4. The Balaban J connectivity index is 1.19. The number of carboxylic acids is 1. The second kappa shape index (κ2) is 15.1. The van der Waals surface area contributed by atoms with Gasteiger partial charge in [0.05, 0.1) is 36.0 Å². The minimum Gasteiger partial charge on any atom is -0.508 e. The molecule has 4 aromatic carbocycles. The van der Waals surface area contributed by atoms with Crippen LogP contribution in [0.1, 0.15) is 29.5 Å². The number of hydrogen-bond acceptors (Lipinski definition) is 7. The van der Waals surface area contributed by atoms with E-state index in [1.807, 2.05) is 41.1 Å². The molecule has 0 unspecified atom stereocenters. The Morgan fingerprint density at radius 2 is 1.75 bits per heavy atom. The van der Waals surface area contributed by atoms with Gasteiger partial charge in [0.2, 0.25) is 0 Å². The van der Waals surface area contributed by atoms with E-state index in [4.69, 9.17) is 28.3 Å². The van der Waals surface area contributed by atoms with Gasteiger partial charge < -0.3 is 25.3 Å². The second-order valence-electron chi connectivity index (χ2n) is 12.3. The zero-order valence-corrected chi connectivity index (χ0v) is 27.8. The number of aliphatic carboxylic acids is 1. The normalized spacial score (nSPS) is 15.7. The molecule has 9 nitrogen and oxygen atoms in total. The number of nitrogens with one attached hydrogen (secondary N) is 1. The van der Waals surface area contributed by atoms with Crippen LogP contribution in [0.5, 0.6) is 5.75 Å². The molecule has 2 heterocycles. The van der Waals surface area contributed by atoms with Gasteiger partial charge in [-0.1, -0.05) is 77.8 Å². The van der Waals surface area contributed by atoms with Gasteiger partial charge in [-0.3, -0.25) is 14.8 Å². The molecule has 1 fully saturated rings. The van der Waals surface area contributed by atoms with E-state index in [9.17, 15) is 20.1 Å². The van der Waals surface area contributed by atoms with Crippen molar-refractivity contribution in [2.24, 2.45) is 0 Å². The molecule has 0 spiro atoms. The van der Waals surface area contributed by atoms with Crippen LogP contribution in [0.3, 0.4) is 0 Å². The molecule has 0 aliphatic carbocycles. The summed E-state index contributed by atoms with van der Waals surface area (Å²) in [6, 6.07) is 22.6. The van der Waals surface area contributed by atoms with Crippen molar-refractivity contribution in [3.63, 3.8) is 0 Å². The van der Waals surface area contributed by atoms with Crippen LogP contribution in [-0.4, -0.2) is 79.5 Å². The number of rotatable bonds is 13. The van der Waals surface area contributed by atoms with Gasteiger partial charge in [-0.05, 0) is 66.3 Å². The van der Waals surface area contributed by atoms with Gasteiger partial charge in [-0.2, -0.15) is 5.10 Å². The lowest BCUT2D eigenvalue weighted by Gasteiger charge is -2.15. The number of likely N-dealkylation sites (tertiary alicyclic amines) is 1. The SMILES string of the molecule is O=C(O)[C@H](CO)NCc1cc(Cl)c(Cn2ncc3c(-c4cccc(-c5ccc(CCCN6CC[C@@H](O)C6)cc5)c4Cl)cccc32)cc1O. The van der Waals surface area contributed by atoms with Crippen LogP contribution in [-0.2, 0) is 24.3 Å². The lowest BCUT2D eigenvalue weighted by molar-refractivity contribution is -0.140. The van der Waals surface area contributed by atoms with E-state index in [-0.39, 0.29) is 18.4 Å². The molecule has 1 saturated heterocycles. The molecule has 1 aliphatic heterocycles. The number of carboxylic acid groups (broad SMARTS) is 1. The van der Waals surface area contributed by atoms with Gasteiger partial charge in [-0.15, -0.1) is 0 Å². The number of phenols is 1. The number of aromatic hydroxyl groups is 1. The molecule has 0 bridgehead atoms. The van der Waals surface area contributed by atoms with Crippen LogP contribution in [0.4, 0.5) is 0 Å². The molecule has 1 aliphatic rings. The first kappa shape index (κ1) is 33.9. The number of phenolic OH excluding ortho intramolecular Hbond substituents is 1. The zero-order valence-electron chi connectivity index (χ0n) is 26.3. The third-order valence-electron chi connectivity index (χ3n) is 9.02. The summed E-state index contributed by atoms with van der Waals surface area (Å²) < 4.78 is 1.81. The van der Waals surface area contributed by atoms with Crippen LogP contribution in [0.15, 0.2) is 79.0 Å². The van der Waals surface area contributed by atoms with Gasteiger partial charge in [-0.25, -0.2) is 0 Å². The number of aliphatic hydroxyl groups is 2. The number of aromatic nitrogens is 2. The van der Waals surface area contributed by atoms with E-state index in [0.717, 1.165) is 72.1 Å². The predicted octanol–water partition coefficient (Wildman–Crippen LogP) is 5.97. The minimum absolute atomic E-state index is 0.0205. The van der Waals surface area contributed by atoms with Crippen molar-refractivity contribution in [1.82, 2.24) is 20.0 Å². The molecule has 5 aromatic rings. The smallest absolute Gasteiger partial charge is 0.323 e. The molecule has 48 heavy (non-hydrogen) atoms. The number of halogens is 2. The van der Waals surface area contributed by atoms with Crippen molar-refractivity contribution in [2.45, 2.75) is 44.5 Å². The Kier molecular flexibility index (Phi) is 10.7. The maximum atomic E-state index is 11.2. The van der Waals surface area contributed by atoms with Crippen molar-refractivity contribution in [1.29, 1.82) is 0 Å². The molecule has 11 heteroatoms. The molecule has 1 aromatic heterocycles. The van der Waals surface area contributed by atoms with Crippen molar-refractivity contribution in [3.8, 4) is 28.0 Å². The standard InChI is InChI=1S/C37H38Cl2N4O5/c38-32-16-25(18-40-33(22-44)37(47)48)35(46)17-26(32)20-43-34-8-2-6-29(31(34)19-41-43)30-7-1-5-28(36(30)39)24-11-9-23(10-12-24)4-3-14-42-15-13-27(45)21-42/h1-2,5-12,16-17,19,27,33,40,44-46H,3-4,13-15,18,20-22H2,(H,47,48)/t27-,33+/m1/s1. The fourth-order valence-electron chi connectivity index (χ4n) is 6.33. The highest BCUT2D eigenvalue weighted by Gasteiger charge is 2.20. The average molecular weight is 690 g/mol. The number of carbonyl (C=O) groups is 1. The first-order valence-electron chi connectivity index (χ1n) is 16.0. The van der Waals surface area contributed by atoms with Crippen LogP contribution in [0, 0.1) is 0 Å². The Labute approximate surface area is 289 Å². The molecule has 0 saturated carbocycles. The molecule has 5 N–H and O–H groups in total. The summed E-state index contributed by atoms with van der Waals surface area (Å²) in [5, 5.41) is 48.1. The maximum Gasteiger partial charge on any atom is 0.323 e. The Hall–Kier alpha value is -3.96. The van der Waals surface area contributed by atoms with Gasteiger partial charge in [0.15, 0.2) is 0 Å². The summed E-state index contributed by atoms with van der Waals surface area (Å²) in [6.07, 6.45) is 4.52. The number of nitrogens with zero attached hydrogens (tertiary/aromatic N) is 3. The van der Waals surface area contributed by atoms with Gasteiger partial charge in [0.1, 0.15) is 11.8 Å². The van der Waals surface area contributed by atoms with E-state index >= 15 is 0 Å². The first-order chi connectivity index (χ1) is 23.2. The highest BCUT2D eigenvalue weighted by atomic mass is 35.5. The van der Waals surface area contributed by atoms with Gasteiger partial charge in [0.25, 0.3) is 0 Å². The first-order valence-corrected chi connectivity index (χ1v) is 16.8. The molecule has 0 radical (unpaired) electrons. The van der Waals surface area contributed by atoms with Crippen LogP contribution in [0.25, 0.3) is 33.2 Å². The Bertz CT molecular complexity index is 1910. The predicted molar refractivity (Wildman–Crippen MR) is 189 cm³/mol. The largest absolute Gasteiger partial charge is 0.508 e. The minimum atomic E-state index is -1.19. The quantitative estimate of drug-likeness (QED) is 0.102. The van der Waals surface area contributed by atoms with Crippen LogP contribution >= 0.6 is 23.2 Å². The van der Waals surface area contributed by atoms with Gasteiger partial charge in [0, 0.05) is 46.7 Å². The molecular formula is C37H38Cl2N4O5. The Morgan fingerprint density at radius 1 is 1.00 bits per heavy atom. The maximum absolute atomic E-state index is 11.2. The fourth-order valence-corrected chi connectivity index (χ4v) is 6.92. The summed E-state index contributed by atoms with van der Waals surface area (Å²) in [6.45, 7) is 2.48. The topological polar surface area (TPSA) is 131 Å². The second-order valence-corrected chi connectivity index (χ2v) is 13.1. The molecule has 250 valence electrons. The van der Waals surface area contributed by atoms with E-state index < -0.39 is 18.6 Å². The number of aliphatic hydroxyl groups excluding tert-OH is 2. The monoisotopic (exact) mass is 688 g/mol. The third kappa shape index (κ3) is 7.52. The summed E-state index contributed by atoms with van der Waals surface area (Å²) >= 11 is 13.7. The van der Waals surface area contributed by atoms with Crippen LogP contribution < -0.4 is 5.32 Å². The molecule has 0 amide bonds. The number of fused-ring (bicyclic) bond motifs is 1. The molecular weight excluding hydrogens is 651 g/mol. The van der Waals surface area contributed by atoms with Crippen molar-refractivity contribution in [2.75, 3.05) is 26.2 Å². The lowest BCUT2D eigenvalue weighted by Crippen LogP contribution is -2.39. The van der Waals surface area contributed by atoms with Crippen LogP contribution in [0.2, 0.25) is 10.0 Å². The molecule has 2 atom stereocenters. The lowest BCUT2D eigenvalue weighted by atomic mass is 9.96. The summed E-state index contributed by atoms with van der Waals surface area (Å²) in [5.74, 6) is -1.23. The molecule has 6 rings (SSSR count). The Morgan fingerprint density at radius 3 is 2.48 bits per heavy atom. The van der Waals surface area contributed by atoms with E-state index in [2.05, 4.69) is 39.6 Å². The van der Waals surface area contributed by atoms with Crippen molar-refractivity contribution < 1.29 is 25.2 Å². The fraction of sp³-hybridized carbons (Fsp3) is 0.297. The van der Waals surface area contributed by atoms with Crippen molar-refractivity contribution in [3.05, 3.63) is 106 Å². The summed E-state index contributed by atoms with van der Waals surface area (Å²) in [4.78, 5) is 13.5. The summed E-state index contributed by atoms with van der Waals surface area (Å²) in [5.41, 5.74) is 7.03. The summed E-state index contributed by atoms with van der Waals surface area (Å²) in [7, 11) is 0. The zero-order chi connectivity index (χ0) is 33.8. The average Bonchev–Trinajstić information content (AvgIpc) is 3.69. The van der Waals surface area contributed by atoms with Gasteiger partial charge >= 0.3 is 5.97 Å². The van der Waals surface area contributed by atoms with E-state index in [1.165, 1.54) is 5.56 Å².